The first-order valence-corrected chi connectivity index (χ1v) is 8.14. The molecular formula is C14H22N2O4S. The van der Waals surface area contributed by atoms with Gasteiger partial charge in [-0.25, -0.2) is 13.1 Å². The standard InChI is InChI=1S/C14H22N2O4S/c1-5-20-10-13(17)15-11-7-6-8-12(9-11)21(18,19)16-14(2,3)4/h6-9,16H,5,10H2,1-4H3,(H,15,17). The van der Waals surface area contributed by atoms with Gasteiger partial charge in [-0.05, 0) is 45.9 Å². The summed E-state index contributed by atoms with van der Waals surface area (Å²) < 4.78 is 32.0. The summed E-state index contributed by atoms with van der Waals surface area (Å²) in [6.07, 6.45) is 0. The van der Waals surface area contributed by atoms with Gasteiger partial charge in [-0.2, -0.15) is 0 Å². The molecule has 0 fully saturated rings. The van der Waals surface area contributed by atoms with E-state index in [1.807, 2.05) is 0 Å². The van der Waals surface area contributed by atoms with Crippen LogP contribution in [0.4, 0.5) is 5.69 Å². The number of rotatable bonds is 6. The van der Waals surface area contributed by atoms with Crippen molar-refractivity contribution in [3.05, 3.63) is 24.3 Å². The Morgan fingerprint density at radius 1 is 1.29 bits per heavy atom. The smallest absolute Gasteiger partial charge is 0.250 e. The molecule has 0 radical (unpaired) electrons. The van der Waals surface area contributed by atoms with Crippen molar-refractivity contribution in [3.63, 3.8) is 0 Å². The van der Waals surface area contributed by atoms with Gasteiger partial charge in [-0.15, -0.1) is 0 Å². The number of amides is 1. The van der Waals surface area contributed by atoms with Crippen LogP contribution in [0.3, 0.4) is 0 Å². The molecule has 0 aromatic heterocycles. The number of sulfonamides is 1. The Balaban J connectivity index is 2.88. The highest BCUT2D eigenvalue weighted by Gasteiger charge is 2.22. The van der Waals surface area contributed by atoms with E-state index in [1.54, 1.807) is 39.8 Å². The van der Waals surface area contributed by atoms with E-state index in [1.165, 1.54) is 12.1 Å². The molecule has 0 bridgehead atoms. The van der Waals surface area contributed by atoms with Crippen molar-refractivity contribution in [1.82, 2.24) is 4.72 Å². The summed E-state index contributed by atoms with van der Waals surface area (Å²) >= 11 is 0. The molecule has 0 spiro atoms. The summed E-state index contributed by atoms with van der Waals surface area (Å²) in [5, 5.41) is 2.60. The minimum absolute atomic E-state index is 0.0618. The predicted octanol–water partition coefficient (Wildman–Crippen LogP) is 1.74. The highest BCUT2D eigenvalue weighted by atomic mass is 32.2. The maximum absolute atomic E-state index is 12.2. The molecule has 0 saturated heterocycles. The SMILES string of the molecule is CCOCC(=O)Nc1cccc(S(=O)(=O)NC(C)(C)C)c1. The molecule has 0 heterocycles. The largest absolute Gasteiger partial charge is 0.372 e. The van der Waals surface area contributed by atoms with E-state index >= 15 is 0 Å². The Morgan fingerprint density at radius 2 is 1.95 bits per heavy atom. The van der Waals surface area contributed by atoms with Crippen LogP contribution in [0.5, 0.6) is 0 Å². The third-order valence-electron chi connectivity index (χ3n) is 2.31. The normalized spacial score (nSPS) is 12.2. The maximum Gasteiger partial charge on any atom is 0.250 e. The maximum atomic E-state index is 12.2. The van der Waals surface area contributed by atoms with Crippen molar-refractivity contribution in [2.75, 3.05) is 18.5 Å². The second-order valence-corrected chi connectivity index (χ2v) is 7.25. The number of hydrogen-bond donors (Lipinski definition) is 2. The first kappa shape index (κ1) is 17.6. The van der Waals surface area contributed by atoms with Crippen LogP contribution >= 0.6 is 0 Å². The van der Waals surface area contributed by atoms with Crippen molar-refractivity contribution < 1.29 is 17.9 Å². The number of carbonyl (C=O) groups is 1. The molecule has 0 aliphatic rings. The van der Waals surface area contributed by atoms with E-state index in [9.17, 15) is 13.2 Å². The highest BCUT2D eigenvalue weighted by molar-refractivity contribution is 7.89. The van der Waals surface area contributed by atoms with Crippen LogP contribution in [0.2, 0.25) is 0 Å². The molecule has 1 aromatic carbocycles. The highest BCUT2D eigenvalue weighted by Crippen LogP contribution is 2.17. The fourth-order valence-electron chi connectivity index (χ4n) is 1.59. The molecule has 1 aromatic rings. The molecule has 0 saturated carbocycles. The summed E-state index contributed by atoms with van der Waals surface area (Å²) in [4.78, 5) is 11.7. The van der Waals surface area contributed by atoms with Gasteiger partial charge >= 0.3 is 0 Å². The average molecular weight is 314 g/mol. The Hall–Kier alpha value is -1.44. The van der Waals surface area contributed by atoms with E-state index in [0.29, 0.717) is 12.3 Å². The van der Waals surface area contributed by atoms with Crippen molar-refractivity contribution >= 4 is 21.6 Å². The molecule has 0 atom stereocenters. The Morgan fingerprint density at radius 3 is 2.52 bits per heavy atom. The summed E-state index contributed by atoms with van der Waals surface area (Å²) in [6.45, 7) is 7.46. The van der Waals surface area contributed by atoms with Crippen LogP contribution in [0.25, 0.3) is 0 Å². The van der Waals surface area contributed by atoms with Gasteiger partial charge in [-0.3, -0.25) is 4.79 Å². The lowest BCUT2D eigenvalue weighted by atomic mass is 10.1. The van der Waals surface area contributed by atoms with E-state index < -0.39 is 15.6 Å². The van der Waals surface area contributed by atoms with E-state index in [0.717, 1.165) is 0 Å². The van der Waals surface area contributed by atoms with E-state index in [4.69, 9.17) is 4.74 Å². The van der Waals surface area contributed by atoms with Gasteiger partial charge in [-0.1, -0.05) is 6.07 Å². The van der Waals surface area contributed by atoms with Crippen LogP contribution in [-0.2, 0) is 19.6 Å². The van der Waals surface area contributed by atoms with Crippen molar-refractivity contribution in [1.29, 1.82) is 0 Å². The number of carbonyl (C=O) groups excluding carboxylic acids is 1. The predicted molar refractivity (Wildman–Crippen MR) is 81.6 cm³/mol. The van der Waals surface area contributed by atoms with Crippen LogP contribution < -0.4 is 10.0 Å². The van der Waals surface area contributed by atoms with Crippen LogP contribution in [0.1, 0.15) is 27.7 Å². The van der Waals surface area contributed by atoms with Crippen molar-refractivity contribution in [3.8, 4) is 0 Å². The molecule has 0 aliphatic heterocycles. The third-order valence-corrected chi connectivity index (χ3v) is 4.06. The number of anilines is 1. The van der Waals surface area contributed by atoms with Gasteiger partial charge in [0.25, 0.3) is 0 Å². The quantitative estimate of drug-likeness (QED) is 0.837. The van der Waals surface area contributed by atoms with Crippen LogP contribution in [0, 0.1) is 0 Å². The topological polar surface area (TPSA) is 84.5 Å². The van der Waals surface area contributed by atoms with Crippen LogP contribution in [-0.4, -0.2) is 33.1 Å². The van der Waals surface area contributed by atoms with E-state index in [-0.39, 0.29) is 17.4 Å². The second-order valence-electron chi connectivity index (χ2n) is 5.57. The van der Waals surface area contributed by atoms with Gasteiger partial charge in [0.15, 0.2) is 0 Å². The van der Waals surface area contributed by atoms with Gasteiger partial charge < -0.3 is 10.1 Å². The van der Waals surface area contributed by atoms with Gasteiger partial charge in [0.1, 0.15) is 6.61 Å². The zero-order valence-electron chi connectivity index (χ0n) is 12.8. The molecule has 2 N–H and O–H groups in total. The van der Waals surface area contributed by atoms with Gasteiger partial charge in [0.05, 0.1) is 4.90 Å². The molecule has 1 amide bonds. The van der Waals surface area contributed by atoms with Gasteiger partial charge in [0, 0.05) is 17.8 Å². The molecule has 7 heteroatoms. The summed E-state index contributed by atoms with van der Waals surface area (Å²) in [7, 11) is -3.63. The third kappa shape index (κ3) is 6.24. The lowest BCUT2D eigenvalue weighted by molar-refractivity contribution is -0.120. The summed E-state index contributed by atoms with van der Waals surface area (Å²) in [6, 6.07) is 6.09. The number of benzene rings is 1. The lowest BCUT2D eigenvalue weighted by Gasteiger charge is -2.20. The monoisotopic (exact) mass is 314 g/mol. The summed E-state index contributed by atoms with van der Waals surface area (Å²) in [5.74, 6) is -0.324. The van der Waals surface area contributed by atoms with Crippen molar-refractivity contribution in [2.45, 2.75) is 38.1 Å². The molecular weight excluding hydrogens is 292 g/mol. The Labute approximate surface area is 125 Å². The van der Waals surface area contributed by atoms with E-state index in [2.05, 4.69) is 10.0 Å². The molecule has 21 heavy (non-hydrogen) atoms. The number of hydrogen-bond acceptors (Lipinski definition) is 4. The molecule has 6 nitrogen and oxygen atoms in total. The molecule has 1 rings (SSSR count). The first-order valence-electron chi connectivity index (χ1n) is 6.66. The lowest BCUT2D eigenvalue weighted by Crippen LogP contribution is -2.40. The number of ether oxygens (including phenoxy) is 1. The zero-order chi connectivity index (χ0) is 16.1. The molecule has 0 unspecified atom stereocenters. The molecule has 118 valence electrons. The van der Waals surface area contributed by atoms with Crippen LogP contribution in [0.15, 0.2) is 29.2 Å². The first-order chi connectivity index (χ1) is 9.64. The second kappa shape index (κ2) is 7.02. The molecule has 0 aliphatic carbocycles. The minimum Gasteiger partial charge on any atom is -0.372 e. The fourth-order valence-corrected chi connectivity index (χ4v) is 3.06. The van der Waals surface area contributed by atoms with Crippen molar-refractivity contribution in [2.24, 2.45) is 0 Å². The zero-order valence-corrected chi connectivity index (χ0v) is 13.6. The minimum atomic E-state index is -3.63. The number of nitrogens with one attached hydrogen (secondary N) is 2. The Kier molecular flexibility index (Phi) is 5.88. The van der Waals surface area contributed by atoms with Gasteiger partial charge in [0.2, 0.25) is 15.9 Å². The average Bonchev–Trinajstić information content (AvgIpc) is 2.34. The summed E-state index contributed by atoms with van der Waals surface area (Å²) in [5.41, 5.74) is -0.163. The Bertz CT molecular complexity index is 591. The fraction of sp³-hybridized carbons (Fsp3) is 0.500.